The van der Waals surface area contributed by atoms with Crippen molar-refractivity contribution in [1.82, 2.24) is 0 Å². The zero-order valence-corrected chi connectivity index (χ0v) is 11.8. The van der Waals surface area contributed by atoms with E-state index in [0.29, 0.717) is 23.8 Å². The van der Waals surface area contributed by atoms with Gasteiger partial charge < -0.3 is 4.74 Å². The molecule has 1 rings (SSSR count). The van der Waals surface area contributed by atoms with E-state index < -0.39 is 15.3 Å². The quantitative estimate of drug-likeness (QED) is 0.794. The number of ether oxygens (including phenoxy) is 1. The van der Waals surface area contributed by atoms with Crippen LogP contribution in [0.25, 0.3) is 0 Å². The lowest BCUT2D eigenvalue weighted by molar-refractivity contribution is -0.155. The third kappa shape index (κ3) is 6.05. The molecule has 1 heterocycles. The van der Waals surface area contributed by atoms with E-state index in [9.17, 15) is 9.00 Å². The third-order valence-corrected chi connectivity index (χ3v) is 4.68. The highest BCUT2D eigenvalue weighted by atomic mass is 32.2. The first-order valence-electron chi connectivity index (χ1n) is 6.14. The molecule has 0 radical (unpaired) electrons. The highest BCUT2D eigenvalue weighted by Gasteiger charge is 2.23. The number of rotatable bonds is 3. The van der Waals surface area contributed by atoms with Crippen LogP contribution in [0, 0.1) is 10.7 Å². The molecule has 1 aliphatic rings. The third-order valence-electron chi connectivity index (χ3n) is 2.89. The molecule has 1 N–H and O–H groups in total. The van der Waals surface area contributed by atoms with Gasteiger partial charge in [-0.25, -0.2) is 4.21 Å². The second-order valence-corrected chi connectivity index (χ2v) is 8.23. The maximum atomic E-state index is 11.5. The Morgan fingerprint density at radius 3 is 2.35 bits per heavy atom. The topological polar surface area (TPSA) is 67.2 Å². The number of carbonyl (C=O) groups is 1. The Morgan fingerprint density at radius 2 is 1.88 bits per heavy atom. The zero-order chi connectivity index (χ0) is 13.1. The average Bonchev–Trinajstić information content (AvgIpc) is 2.13. The summed E-state index contributed by atoms with van der Waals surface area (Å²) in [5.74, 6) is 1.26. The van der Waals surface area contributed by atoms with Gasteiger partial charge in [-0.1, -0.05) is 0 Å². The molecule has 100 valence electrons. The molecule has 0 saturated carbocycles. The summed E-state index contributed by atoms with van der Waals surface area (Å²) in [5, 5.41) is 0. The van der Waals surface area contributed by atoms with Gasteiger partial charge >= 0.3 is 5.97 Å². The van der Waals surface area contributed by atoms with Crippen LogP contribution >= 0.6 is 0 Å². The van der Waals surface area contributed by atoms with E-state index in [1.54, 1.807) is 0 Å². The van der Waals surface area contributed by atoms with E-state index in [1.165, 1.54) is 0 Å². The molecule has 4 nitrogen and oxygen atoms in total. The van der Waals surface area contributed by atoms with Gasteiger partial charge in [0.05, 0.1) is 0 Å². The van der Waals surface area contributed by atoms with Crippen molar-refractivity contribution in [1.29, 1.82) is 4.78 Å². The standard InChI is InChI=1S/C12H23NO3S/c1-12(2,3)16-11(14)5-4-10-6-8-17(13,15)9-7-10/h10,13H,4-9H2,1-3H3. The van der Waals surface area contributed by atoms with Gasteiger partial charge in [0.1, 0.15) is 5.60 Å². The van der Waals surface area contributed by atoms with Crippen molar-refractivity contribution in [3.05, 3.63) is 0 Å². The summed E-state index contributed by atoms with van der Waals surface area (Å²) in [4.78, 5) is 11.5. The van der Waals surface area contributed by atoms with Crippen LogP contribution in [0.5, 0.6) is 0 Å². The first kappa shape index (κ1) is 14.5. The predicted molar refractivity (Wildman–Crippen MR) is 68.4 cm³/mol. The fourth-order valence-electron chi connectivity index (χ4n) is 1.96. The Hall–Kier alpha value is -0.580. The molecule has 17 heavy (non-hydrogen) atoms. The maximum absolute atomic E-state index is 11.5. The van der Waals surface area contributed by atoms with E-state index in [2.05, 4.69) is 0 Å². The van der Waals surface area contributed by atoms with Crippen LogP contribution in [-0.2, 0) is 19.3 Å². The molecular formula is C12H23NO3S. The number of hydrogen-bond donors (Lipinski definition) is 1. The van der Waals surface area contributed by atoms with Crippen molar-refractivity contribution < 1.29 is 13.7 Å². The SMILES string of the molecule is CC(C)(C)OC(=O)CCC1CCS(=N)(=O)CC1. The van der Waals surface area contributed by atoms with Crippen LogP contribution in [0.2, 0.25) is 0 Å². The molecular weight excluding hydrogens is 238 g/mol. The van der Waals surface area contributed by atoms with Crippen molar-refractivity contribution in [2.75, 3.05) is 11.5 Å². The normalized spacial score (nSPS) is 29.9. The van der Waals surface area contributed by atoms with Gasteiger partial charge in [-0.05, 0) is 46.0 Å². The molecule has 0 aromatic rings. The van der Waals surface area contributed by atoms with Crippen LogP contribution in [0.15, 0.2) is 0 Å². The Kier molecular flexibility index (Phi) is 4.58. The van der Waals surface area contributed by atoms with Crippen LogP contribution < -0.4 is 0 Å². The summed E-state index contributed by atoms with van der Waals surface area (Å²) < 4.78 is 24.2. The lowest BCUT2D eigenvalue weighted by Gasteiger charge is -2.24. The molecule has 0 aromatic carbocycles. The van der Waals surface area contributed by atoms with Gasteiger partial charge in [0, 0.05) is 27.7 Å². The van der Waals surface area contributed by atoms with E-state index >= 15 is 0 Å². The molecule has 0 atom stereocenters. The van der Waals surface area contributed by atoms with Crippen molar-refractivity contribution in [3.8, 4) is 0 Å². The van der Waals surface area contributed by atoms with Gasteiger partial charge in [0.2, 0.25) is 0 Å². The van der Waals surface area contributed by atoms with Crippen molar-refractivity contribution in [3.63, 3.8) is 0 Å². The minimum Gasteiger partial charge on any atom is -0.460 e. The lowest BCUT2D eigenvalue weighted by atomic mass is 9.97. The Bertz CT molecular complexity index is 354. The second kappa shape index (κ2) is 5.38. The summed E-state index contributed by atoms with van der Waals surface area (Å²) in [6, 6.07) is 0. The van der Waals surface area contributed by atoms with Gasteiger partial charge in [-0.2, -0.15) is 0 Å². The van der Waals surface area contributed by atoms with E-state index in [-0.39, 0.29) is 5.97 Å². The highest BCUT2D eigenvalue weighted by Crippen LogP contribution is 2.24. The number of nitrogens with one attached hydrogen (secondary N) is 1. The Morgan fingerprint density at radius 1 is 1.35 bits per heavy atom. The average molecular weight is 261 g/mol. The molecule has 0 bridgehead atoms. The van der Waals surface area contributed by atoms with E-state index in [4.69, 9.17) is 9.52 Å². The summed E-state index contributed by atoms with van der Waals surface area (Å²) in [6.45, 7) is 5.59. The van der Waals surface area contributed by atoms with E-state index in [0.717, 1.165) is 19.3 Å². The van der Waals surface area contributed by atoms with Gasteiger partial charge in [0.15, 0.2) is 0 Å². The summed E-state index contributed by atoms with van der Waals surface area (Å²) in [7, 11) is -2.30. The lowest BCUT2D eigenvalue weighted by Crippen LogP contribution is -2.26. The molecule has 5 heteroatoms. The minimum absolute atomic E-state index is 0.158. The summed E-state index contributed by atoms with van der Waals surface area (Å²) in [6.07, 6.45) is 2.85. The van der Waals surface area contributed by atoms with E-state index in [1.807, 2.05) is 20.8 Å². The first-order chi connectivity index (χ1) is 7.68. The number of esters is 1. The van der Waals surface area contributed by atoms with Crippen LogP contribution in [0.1, 0.15) is 46.5 Å². The Balaban J connectivity index is 2.26. The maximum Gasteiger partial charge on any atom is 0.306 e. The summed E-state index contributed by atoms with van der Waals surface area (Å²) in [5.41, 5.74) is -0.418. The molecule has 1 aliphatic heterocycles. The van der Waals surface area contributed by atoms with Gasteiger partial charge in [0.25, 0.3) is 0 Å². The number of hydrogen-bond acceptors (Lipinski definition) is 4. The molecule has 1 fully saturated rings. The highest BCUT2D eigenvalue weighted by molar-refractivity contribution is 7.92. The zero-order valence-electron chi connectivity index (χ0n) is 11.0. The van der Waals surface area contributed by atoms with Gasteiger partial charge in [-0.15, -0.1) is 0 Å². The molecule has 0 unspecified atom stereocenters. The molecule has 1 saturated heterocycles. The second-order valence-electron chi connectivity index (χ2n) is 5.79. The molecule has 0 amide bonds. The molecule has 0 aliphatic carbocycles. The number of carbonyl (C=O) groups excluding carboxylic acids is 1. The summed E-state index contributed by atoms with van der Waals surface area (Å²) >= 11 is 0. The van der Waals surface area contributed by atoms with Crippen LogP contribution in [0.3, 0.4) is 0 Å². The monoisotopic (exact) mass is 261 g/mol. The smallest absolute Gasteiger partial charge is 0.306 e. The van der Waals surface area contributed by atoms with Crippen molar-refractivity contribution in [2.24, 2.45) is 5.92 Å². The fourth-order valence-corrected chi connectivity index (χ4v) is 3.60. The van der Waals surface area contributed by atoms with Crippen LogP contribution in [-0.4, -0.2) is 27.3 Å². The molecule has 0 spiro atoms. The fraction of sp³-hybridized carbons (Fsp3) is 0.917. The van der Waals surface area contributed by atoms with Gasteiger partial charge in [-0.3, -0.25) is 9.57 Å². The predicted octanol–water partition coefficient (Wildman–Crippen LogP) is 2.57. The largest absolute Gasteiger partial charge is 0.460 e. The van der Waals surface area contributed by atoms with Crippen molar-refractivity contribution in [2.45, 2.75) is 52.1 Å². The van der Waals surface area contributed by atoms with Crippen LogP contribution in [0.4, 0.5) is 0 Å². The first-order valence-corrected chi connectivity index (χ1v) is 8.04. The molecule has 0 aromatic heterocycles. The van der Waals surface area contributed by atoms with Crippen molar-refractivity contribution >= 4 is 15.7 Å². The Labute approximate surface area is 104 Å². The minimum atomic E-state index is -2.30.